The maximum Gasteiger partial charge on any atom is 0.132 e. The molecule has 1 aliphatic carbocycles. The molecule has 3 heteroatoms. The van der Waals surface area contributed by atoms with Gasteiger partial charge in [0.2, 0.25) is 0 Å². The highest BCUT2D eigenvalue weighted by molar-refractivity contribution is 5.32. The molecule has 0 radical (unpaired) electrons. The van der Waals surface area contributed by atoms with E-state index < -0.39 is 17.7 Å². The van der Waals surface area contributed by atoms with E-state index in [4.69, 9.17) is 0 Å². The van der Waals surface area contributed by atoms with Crippen molar-refractivity contribution in [3.63, 3.8) is 0 Å². The van der Waals surface area contributed by atoms with Gasteiger partial charge in [-0.15, -0.1) is 0 Å². The molecular formula is C15H18F2O. The highest BCUT2D eigenvalue weighted by Crippen LogP contribution is 2.31. The summed E-state index contributed by atoms with van der Waals surface area (Å²) in [6.45, 7) is 1.58. The summed E-state index contributed by atoms with van der Waals surface area (Å²) >= 11 is 0. The molecule has 18 heavy (non-hydrogen) atoms. The average Bonchev–Trinajstić information content (AvgIpc) is 2.61. The van der Waals surface area contributed by atoms with Crippen LogP contribution >= 0.6 is 0 Å². The van der Waals surface area contributed by atoms with Crippen molar-refractivity contribution < 1.29 is 13.9 Å². The first-order valence-corrected chi connectivity index (χ1v) is 6.42. The molecule has 1 nitrogen and oxygen atoms in total. The molecule has 1 atom stereocenters. The van der Waals surface area contributed by atoms with Gasteiger partial charge < -0.3 is 5.11 Å². The minimum absolute atomic E-state index is 0.182. The van der Waals surface area contributed by atoms with Gasteiger partial charge in [-0.2, -0.15) is 0 Å². The Morgan fingerprint density at radius 3 is 2.67 bits per heavy atom. The van der Waals surface area contributed by atoms with Crippen LogP contribution in [0.3, 0.4) is 0 Å². The topological polar surface area (TPSA) is 20.2 Å². The Labute approximate surface area is 106 Å². The van der Waals surface area contributed by atoms with E-state index in [9.17, 15) is 13.9 Å². The summed E-state index contributed by atoms with van der Waals surface area (Å²) < 4.78 is 26.9. The molecule has 0 amide bonds. The van der Waals surface area contributed by atoms with Crippen LogP contribution in [0.4, 0.5) is 8.78 Å². The molecule has 0 saturated heterocycles. The first-order chi connectivity index (χ1) is 8.59. The number of aliphatic hydroxyl groups excluding tert-OH is 1. The summed E-state index contributed by atoms with van der Waals surface area (Å²) in [5, 5.41) is 10.2. The lowest BCUT2D eigenvalue weighted by atomic mass is 9.96. The average molecular weight is 252 g/mol. The molecule has 0 spiro atoms. The standard InChI is InChI=1S/C15H18F2O/c1-10-8-12(14(17)9-13(10)16)15(18)11-6-4-2-3-5-7-11/h6,8-9,15,18H,2-5,7H2,1H3. The molecule has 0 aromatic heterocycles. The highest BCUT2D eigenvalue weighted by atomic mass is 19.1. The van der Waals surface area contributed by atoms with Gasteiger partial charge in [-0.1, -0.05) is 12.5 Å². The van der Waals surface area contributed by atoms with Crippen LogP contribution in [0.2, 0.25) is 0 Å². The Morgan fingerprint density at radius 2 is 1.89 bits per heavy atom. The van der Waals surface area contributed by atoms with E-state index >= 15 is 0 Å². The third-order valence-corrected chi connectivity index (χ3v) is 3.50. The summed E-state index contributed by atoms with van der Waals surface area (Å²) in [6, 6.07) is 2.26. The van der Waals surface area contributed by atoms with Crippen molar-refractivity contribution in [1.29, 1.82) is 0 Å². The van der Waals surface area contributed by atoms with Crippen LogP contribution in [0.1, 0.15) is 49.3 Å². The SMILES string of the molecule is Cc1cc(C(O)C2=CCCCCC2)c(F)cc1F. The predicted molar refractivity (Wildman–Crippen MR) is 67.2 cm³/mol. The quantitative estimate of drug-likeness (QED) is 0.782. The molecule has 1 N–H and O–H groups in total. The third-order valence-electron chi connectivity index (χ3n) is 3.50. The van der Waals surface area contributed by atoms with Crippen molar-refractivity contribution in [3.05, 3.63) is 46.5 Å². The fourth-order valence-corrected chi connectivity index (χ4v) is 2.38. The number of rotatable bonds is 2. The molecule has 0 heterocycles. The molecule has 1 aromatic rings. The molecule has 1 aliphatic rings. The van der Waals surface area contributed by atoms with Crippen LogP contribution in [-0.2, 0) is 0 Å². The normalized spacial score (nSPS) is 18.1. The van der Waals surface area contributed by atoms with E-state index in [0.29, 0.717) is 5.56 Å². The van der Waals surface area contributed by atoms with Crippen LogP contribution in [0, 0.1) is 18.6 Å². The lowest BCUT2D eigenvalue weighted by Gasteiger charge is -2.16. The van der Waals surface area contributed by atoms with E-state index in [1.807, 2.05) is 6.08 Å². The van der Waals surface area contributed by atoms with Gasteiger partial charge in [0.05, 0.1) is 0 Å². The molecule has 0 fully saturated rings. The summed E-state index contributed by atoms with van der Waals surface area (Å²) in [5.74, 6) is -1.24. The number of benzene rings is 1. The largest absolute Gasteiger partial charge is 0.384 e. The van der Waals surface area contributed by atoms with E-state index in [2.05, 4.69) is 0 Å². The predicted octanol–water partition coefficient (Wildman–Crippen LogP) is 4.20. The zero-order chi connectivity index (χ0) is 13.1. The number of aryl methyl sites for hydroxylation is 1. The molecule has 2 rings (SSSR count). The smallest absolute Gasteiger partial charge is 0.132 e. The summed E-state index contributed by atoms with van der Waals surface area (Å²) in [5.41, 5.74) is 1.40. The number of hydrogen-bond donors (Lipinski definition) is 1. The van der Waals surface area contributed by atoms with Crippen molar-refractivity contribution in [2.75, 3.05) is 0 Å². The van der Waals surface area contributed by atoms with Gasteiger partial charge in [-0.05, 0) is 49.8 Å². The van der Waals surface area contributed by atoms with E-state index in [0.717, 1.165) is 43.7 Å². The summed E-state index contributed by atoms with van der Waals surface area (Å²) in [6.07, 6.45) is 6.03. The Morgan fingerprint density at radius 1 is 1.11 bits per heavy atom. The number of halogens is 2. The third kappa shape index (κ3) is 2.78. The zero-order valence-electron chi connectivity index (χ0n) is 10.5. The van der Waals surface area contributed by atoms with Gasteiger partial charge in [-0.3, -0.25) is 0 Å². The van der Waals surface area contributed by atoms with Gasteiger partial charge in [-0.25, -0.2) is 8.78 Å². The minimum atomic E-state index is -0.942. The zero-order valence-corrected chi connectivity index (χ0v) is 10.5. The summed E-state index contributed by atoms with van der Waals surface area (Å²) in [4.78, 5) is 0. The monoisotopic (exact) mass is 252 g/mol. The lowest BCUT2D eigenvalue weighted by molar-refractivity contribution is 0.205. The maximum atomic E-state index is 13.7. The van der Waals surface area contributed by atoms with Crippen LogP contribution in [0.15, 0.2) is 23.8 Å². The minimum Gasteiger partial charge on any atom is -0.384 e. The molecule has 1 aromatic carbocycles. The lowest BCUT2D eigenvalue weighted by Crippen LogP contribution is -2.05. The second-order valence-electron chi connectivity index (χ2n) is 4.90. The van der Waals surface area contributed by atoms with Gasteiger partial charge >= 0.3 is 0 Å². The van der Waals surface area contributed by atoms with Crippen molar-refractivity contribution in [3.8, 4) is 0 Å². The van der Waals surface area contributed by atoms with Gasteiger partial charge in [0, 0.05) is 11.6 Å². The van der Waals surface area contributed by atoms with Crippen molar-refractivity contribution in [1.82, 2.24) is 0 Å². The fraction of sp³-hybridized carbons (Fsp3) is 0.467. The summed E-state index contributed by atoms with van der Waals surface area (Å²) in [7, 11) is 0. The Bertz CT molecular complexity index is 466. The number of allylic oxidation sites excluding steroid dienone is 1. The fourth-order valence-electron chi connectivity index (χ4n) is 2.38. The van der Waals surface area contributed by atoms with Crippen LogP contribution in [-0.4, -0.2) is 5.11 Å². The number of hydrogen-bond acceptors (Lipinski definition) is 1. The second-order valence-corrected chi connectivity index (χ2v) is 4.90. The molecule has 0 bridgehead atoms. The van der Waals surface area contributed by atoms with Crippen molar-refractivity contribution >= 4 is 0 Å². The molecular weight excluding hydrogens is 234 g/mol. The Balaban J connectivity index is 2.30. The van der Waals surface area contributed by atoms with E-state index in [-0.39, 0.29) is 5.56 Å². The van der Waals surface area contributed by atoms with Crippen LogP contribution < -0.4 is 0 Å². The van der Waals surface area contributed by atoms with Crippen molar-refractivity contribution in [2.24, 2.45) is 0 Å². The molecule has 0 saturated carbocycles. The first kappa shape index (κ1) is 13.2. The second kappa shape index (κ2) is 5.61. The Kier molecular flexibility index (Phi) is 4.12. The van der Waals surface area contributed by atoms with E-state index in [1.165, 1.54) is 6.07 Å². The first-order valence-electron chi connectivity index (χ1n) is 6.42. The highest BCUT2D eigenvalue weighted by Gasteiger charge is 2.19. The number of aliphatic hydroxyl groups is 1. The molecule has 98 valence electrons. The van der Waals surface area contributed by atoms with Crippen LogP contribution in [0.25, 0.3) is 0 Å². The van der Waals surface area contributed by atoms with Gasteiger partial charge in [0.15, 0.2) is 0 Å². The van der Waals surface area contributed by atoms with Crippen molar-refractivity contribution in [2.45, 2.75) is 45.1 Å². The van der Waals surface area contributed by atoms with E-state index in [1.54, 1.807) is 6.92 Å². The Hall–Kier alpha value is -1.22. The molecule has 0 aliphatic heterocycles. The van der Waals surface area contributed by atoms with Gasteiger partial charge in [0.25, 0.3) is 0 Å². The van der Waals surface area contributed by atoms with Crippen LogP contribution in [0.5, 0.6) is 0 Å². The van der Waals surface area contributed by atoms with Gasteiger partial charge in [0.1, 0.15) is 17.7 Å². The molecule has 1 unspecified atom stereocenters. The maximum absolute atomic E-state index is 13.7.